The minimum atomic E-state index is 0.713. The Bertz CT molecular complexity index is 346. The molecule has 2 heteroatoms. The normalized spacial score (nSPS) is 24.5. The third-order valence-corrected chi connectivity index (χ3v) is 3.46. The fourth-order valence-electron chi connectivity index (χ4n) is 2.25. The topological polar surface area (TPSA) is 18.5 Å². The van der Waals surface area contributed by atoms with Gasteiger partial charge in [0.05, 0.1) is 14.2 Å². The Balaban J connectivity index is 2.26. The van der Waals surface area contributed by atoms with Crippen LogP contribution in [0.3, 0.4) is 0 Å². The van der Waals surface area contributed by atoms with Gasteiger partial charge in [0.15, 0.2) is 11.5 Å². The van der Waals surface area contributed by atoms with Crippen molar-refractivity contribution in [1.29, 1.82) is 0 Å². The molecule has 1 saturated carbocycles. The van der Waals surface area contributed by atoms with Crippen LogP contribution in [0.5, 0.6) is 11.5 Å². The standard InChI is InChI=1S/C13H18O2/c1-9-4-6-11(9)10-5-7-12(14-2)13(8-10)15-3/h5,7-9,11H,4,6H2,1-3H3/t9?,11-/m0/s1. The first-order valence-corrected chi connectivity index (χ1v) is 5.48. The maximum Gasteiger partial charge on any atom is 0.160 e. The van der Waals surface area contributed by atoms with E-state index >= 15 is 0 Å². The minimum absolute atomic E-state index is 0.713. The molecular formula is C13H18O2. The molecule has 82 valence electrons. The third kappa shape index (κ3) is 1.81. The number of benzene rings is 1. The van der Waals surface area contributed by atoms with Crippen molar-refractivity contribution in [2.75, 3.05) is 14.2 Å². The van der Waals surface area contributed by atoms with Crippen LogP contribution in [0.4, 0.5) is 0 Å². The summed E-state index contributed by atoms with van der Waals surface area (Å²) in [6.07, 6.45) is 2.65. The van der Waals surface area contributed by atoms with E-state index in [-0.39, 0.29) is 0 Å². The molecule has 1 unspecified atom stereocenters. The quantitative estimate of drug-likeness (QED) is 0.756. The summed E-state index contributed by atoms with van der Waals surface area (Å²) < 4.78 is 10.5. The summed E-state index contributed by atoms with van der Waals surface area (Å²) in [4.78, 5) is 0. The molecule has 1 aliphatic carbocycles. The first-order chi connectivity index (χ1) is 7.26. The maximum atomic E-state index is 5.31. The molecule has 15 heavy (non-hydrogen) atoms. The number of hydrogen-bond donors (Lipinski definition) is 0. The lowest BCUT2D eigenvalue weighted by Crippen LogP contribution is -2.20. The lowest BCUT2D eigenvalue weighted by Gasteiger charge is -2.34. The molecule has 2 atom stereocenters. The van der Waals surface area contributed by atoms with Crippen LogP contribution in [-0.4, -0.2) is 14.2 Å². The second kappa shape index (κ2) is 4.13. The van der Waals surface area contributed by atoms with Gasteiger partial charge in [-0.25, -0.2) is 0 Å². The van der Waals surface area contributed by atoms with Gasteiger partial charge in [-0.1, -0.05) is 13.0 Å². The maximum absolute atomic E-state index is 5.31. The molecule has 1 fully saturated rings. The average Bonchev–Trinajstić information content (AvgIpc) is 2.26. The number of ether oxygens (including phenoxy) is 2. The SMILES string of the molecule is COc1ccc([C@H]2CCC2C)cc1OC. The van der Waals surface area contributed by atoms with E-state index in [1.165, 1.54) is 18.4 Å². The van der Waals surface area contributed by atoms with Gasteiger partial charge < -0.3 is 9.47 Å². The Morgan fingerprint density at radius 1 is 1.07 bits per heavy atom. The molecule has 0 amide bonds. The summed E-state index contributed by atoms with van der Waals surface area (Å²) in [7, 11) is 3.36. The van der Waals surface area contributed by atoms with E-state index in [4.69, 9.17) is 9.47 Å². The van der Waals surface area contributed by atoms with Gasteiger partial charge in [0, 0.05) is 0 Å². The fourth-order valence-corrected chi connectivity index (χ4v) is 2.25. The van der Waals surface area contributed by atoms with E-state index in [1.54, 1.807) is 14.2 Å². The summed E-state index contributed by atoms with van der Waals surface area (Å²) in [6.45, 7) is 2.31. The summed E-state index contributed by atoms with van der Waals surface area (Å²) >= 11 is 0. The highest BCUT2D eigenvalue weighted by atomic mass is 16.5. The summed E-state index contributed by atoms with van der Waals surface area (Å²) in [5.41, 5.74) is 1.38. The number of hydrogen-bond acceptors (Lipinski definition) is 2. The van der Waals surface area contributed by atoms with Gasteiger partial charge in [-0.05, 0) is 42.4 Å². The third-order valence-electron chi connectivity index (χ3n) is 3.46. The zero-order chi connectivity index (χ0) is 10.8. The first kappa shape index (κ1) is 10.3. The Morgan fingerprint density at radius 2 is 1.80 bits per heavy atom. The molecule has 0 bridgehead atoms. The van der Waals surface area contributed by atoms with Crippen LogP contribution in [-0.2, 0) is 0 Å². The van der Waals surface area contributed by atoms with Crippen LogP contribution in [0.1, 0.15) is 31.2 Å². The highest BCUT2D eigenvalue weighted by molar-refractivity contribution is 5.44. The fraction of sp³-hybridized carbons (Fsp3) is 0.538. The van der Waals surface area contributed by atoms with Crippen molar-refractivity contribution in [3.63, 3.8) is 0 Å². The van der Waals surface area contributed by atoms with Gasteiger partial charge in [-0.3, -0.25) is 0 Å². The van der Waals surface area contributed by atoms with Crippen LogP contribution < -0.4 is 9.47 Å². The van der Waals surface area contributed by atoms with E-state index < -0.39 is 0 Å². The predicted octanol–water partition coefficient (Wildman–Crippen LogP) is 3.22. The van der Waals surface area contributed by atoms with Crippen molar-refractivity contribution in [3.8, 4) is 11.5 Å². The van der Waals surface area contributed by atoms with Crippen molar-refractivity contribution >= 4 is 0 Å². The number of methoxy groups -OCH3 is 2. The molecular weight excluding hydrogens is 188 g/mol. The van der Waals surface area contributed by atoms with Gasteiger partial charge >= 0.3 is 0 Å². The summed E-state index contributed by atoms with van der Waals surface area (Å²) in [5.74, 6) is 3.18. The Labute approximate surface area is 91.2 Å². The summed E-state index contributed by atoms with van der Waals surface area (Å²) in [5, 5.41) is 0. The van der Waals surface area contributed by atoms with Crippen LogP contribution >= 0.6 is 0 Å². The average molecular weight is 206 g/mol. The van der Waals surface area contributed by atoms with E-state index in [1.807, 2.05) is 6.07 Å². The zero-order valence-electron chi connectivity index (χ0n) is 9.62. The molecule has 1 aromatic rings. The van der Waals surface area contributed by atoms with Crippen LogP contribution in [0.25, 0.3) is 0 Å². The van der Waals surface area contributed by atoms with Gasteiger partial charge in [0.25, 0.3) is 0 Å². The smallest absolute Gasteiger partial charge is 0.160 e. The Hall–Kier alpha value is -1.18. The molecule has 0 aliphatic heterocycles. The molecule has 1 aliphatic rings. The number of rotatable bonds is 3. The highest BCUT2D eigenvalue weighted by Gasteiger charge is 2.28. The minimum Gasteiger partial charge on any atom is -0.493 e. The monoisotopic (exact) mass is 206 g/mol. The lowest BCUT2D eigenvalue weighted by atomic mass is 9.71. The molecule has 2 nitrogen and oxygen atoms in total. The van der Waals surface area contributed by atoms with Crippen LogP contribution in [0, 0.1) is 5.92 Å². The molecule has 0 saturated heterocycles. The van der Waals surface area contributed by atoms with Crippen LogP contribution in [0.2, 0.25) is 0 Å². The Morgan fingerprint density at radius 3 is 2.27 bits per heavy atom. The summed E-state index contributed by atoms with van der Waals surface area (Å²) in [6, 6.07) is 6.26. The van der Waals surface area contributed by atoms with Crippen LogP contribution in [0.15, 0.2) is 18.2 Å². The van der Waals surface area contributed by atoms with E-state index in [2.05, 4.69) is 19.1 Å². The van der Waals surface area contributed by atoms with Gasteiger partial charge in [0.2, 0.25) is 0 Å². The predicted molar refractivity (Wildman–Crippen MR) is 60.7 cm³/mol. The van der Waals surface area contributed by atoms with E-state index in [0.717, 1.165) is 17.4 Å². The largest absolute Gasteiger partial charge is 0.493 e. The van der Waals surface area contributed by atoms with Crippen molar-refractivity contribution in [2.45, 2.75) is 25.7 Å². The second-order valence-corrected chi connectivity index (χ2v) is 4.28. The van der Waals surface area contributed by atoms with Crippen molar-refractivity contribution in [3.05, 3.63) is 23.8 Å². The molecule has 1 aromatic carbocycles. The van der Waals surface area contributed by atoms with Gasteiger partial charge in [0.1, 0.15) is 0 Å². The van der Waals surface area contributed by atoms with Crippen molar-refractivity contribution < 1.29 is 9.47 Å². The first-order valence-electron chi connectivity index (χ1n) is 5.48. The van der Waals surface area contributed by atoms with Crippen molar-refractivity contribution in [1.82, 2.24) is 0 Å². The zero-order valence-corrected chi connectivity index (χ0v) is 9.62. The Kier molecular flexibility index (Phi) is 2.85. The molecule has 0 radical (unpaired) electrons. The van der Waals surface area contributed by atoms with E-state index in [9.17, 15) is 0 Å². The van der Waals surface area contributed by atoms with Gasteiger partial charge in [-0.15, -0.1) is 0 Å². The van der Waals surface area contributed by atoms with E-state index in [0.29, 0.717) is 5.92 Å². The molecule has 0 heterocycles. The second-order valence-electron chi connectivity index (χ2n) is 4.28. The molecule has 0 N–H and O–H groups in total. The van der Waals surface area contributed by atoms with Gasteiger partial charge in [-0.2, -0.15) is 0 Å². The highest BCUT2D eigenvalue weighted by Crippen LogP contribution is 2.44. The lowest BCUT2D eigenvalue weighted by molar-refractivity contribution is 0.278. The molecule has 0 aromatic heterocycles. The molecule has 0 spiro atoms. The molecule has 2 rings (SSSR count). The van der Waals surface area contributed by atoms with Crippen molar-refractivity contribution in [2.24, 2.45) is 5.92 Å².